The second-order valence-corrected chi connectivity index (χ2v) is 4.97. The summed E-state index contributed by atoms with van der Waals surface area (Å²) in [7, 11) is 0. The Bertz CT molecular complexity index is 391. The van der Waals surface area contributed by atoms with E-state index in [4.69, 9.17) is 4.74 Å². The van der Waals surface area contributed by atoms with Crippen molar-refractivity contribution in [3.63, 3.8) is 0 Å². The van der Waals surface area contributed by atoms with Gasteiger partial charge in [0.1, 0.15) is 11.9 Å². The lowest BCUT2D eigenvalue weighted by molar-refractivity contribution is -0.139. The molecule has 0 spiro atoms. The molecule has 1 aromatic carbocycles. The Hall–Kier alpha value is -1.23. The fraction of sp³-hybridized carbons (Fsp3) is 0.571. The van der Waals surface area contributed by atoms with Gasteiger partial charge in [0, 0.05) is 6.54 Å². The number of nitrogens with one attached hydrogen (secondary N) is 1. The molecule has 1 N–H and O–H groups in total. The van der Waals surface area contributed by atoms with Crippen molar-refractivity contribution in [1.82, 2.24) is 5.32 Å². The Morgan fingerprint density at radius 2 is 1.74 bits per heavy atom. The van der Waals surface area contributed by atoms with Crippen molar-refractivity contribution in [3.8, 4) is 5.75 Å². The van der Waals surface area contributed by atoms with Gasteiger partial charge in [-0.1, -0.05) is 26.0 Å². The number of para-hydroxylation sites is 1. The minimum absolute atomic E-state index is 0.117. The minimum Gasteiger partial charge on any atom is -0.489 e. The molecule has 19 heavy (non-hydrogen) atoms. The highest BCUT2D eigenvalue weighted by Crippen LogP contribution is 2.36. The first kappa shape index (κ1) is 15.8. The molecule has 108 valence electrons. The van der Waals surface area contributed by atoms with Crippen LogP contribution in [0.5, 0.6) is 5.75 Å². The number of rotatable bonds is 6. The second-order valence-electron chi connectivity index (χ2n) is 4.97. The summed E-state index contributed by atoms with van der Waals surface area (Å²) in [5, 5.41) is 3.16. The van der Waals surface area contributed by atoms with Crippen molar-refractivity contribution in [3.05, 3.63) is 29.8 Å². The van der Waals surface area contributed by atoms with Gasteiger partial charge < -0.3 is 10.1 Å². The maximum absolute atomic E-state index is 12.8. The number of hydrogen-bond donors (Lipinski definition) is 1. The SMILES string of the molecule is CC(C)CNCC(C)Oc1ccccc1C(F)(F)F. The van der Waals surface area contributed by atoms with E-state index in [1.807, 2.05) is 0 Å². The van der Waals surface area contributed by atoms with Gasteiger partial charge in [0.05, 0.1) is 5.56 Å². The topological polar surface area (TPSA) is 21.3 Å². The number of alkyl halides is 3. The average Bonchev–Trinajstić information content (AvgIpc) is 2.27. The summed E-state index contributed by atoms with van der Waals surface area (Å²) in [4.78, 5) is 0. The lowest BCUT2D eigenvalue weighted by Crippen LogP contribution is -2.31. The van der Waals surface area contributed by atoms with Gasteiger partial charge in [0.15, 0.2) is 0 Å². The van der Waals surface area contributed by atoms with Gasteiger partial charge in [-0.05, 0) is 31.5 Å². The van der Waals surface area contributed by atoms with Crippen LogP contribution in [0.15, 0.2) is 24.3 Å². The lowest BCUT2D eigenvalue weighted by atomic mass is 10.2. The third kappa shape index (κ3) is 5.51. The molecule has 0 saturated carbocycles. The number of halogens is 3. The van der Waals surface area contributed by atoms with Crippen LogP contribution < -0.4 is 10.1 Å². The van der Waals surface area contributed by atoms with E-state index in [-0.39, 0.29) is 11.9 Å². The highest BCUT2D eigenvalue weighted by Gasteiger charge is 2.34. The molecule has 1 unspecified atom stereocenters. The van der Waals surface area contributed by atoms with Crippen LogP contribution in [0.4, 0.5) is 13.2 Å². The highest BCUT2D eigenvalue weighted by molar-refractivity contribution is 5.35. The molecule has 0 fully saturated rings. The van der Waals surface area contributed by atoms with Crippen LogP contribution in [0.1, 0.15) is 26.3 Å². The van der Waals surface area contributed by atoms with Crippen molar-refractivity contribution in [2.45, 2.75) is 33.1 Å². The van der Waals surface area contributed by atoms with E-state index >= 15 is 0 Å². The van der Waals surface area contributed by atoms with Crippen LogP contribution in [0.2, 0.25) is 0 Å². The molecule has 0 bridgehead atoms. The fourth-order valence-electron chi connectivity index (χ4n) is 1.64. The summed E-state index contributed by atoms with van der Waals surface area (Å²) in [5.74, 6) is 0.378. The van der Waals surface area contributed by atoms with Crippen LogP contribution in [0.25, 0.3) is 0 Å². The molecule has 0 aliphatic rings. The highest BCUT2D eigenvalue weighted by atomic mass is 19.4. The maximum atomic E-state index is 12.8. The summed E-state index contributed by atoms with van der Waals surface area (Å²) in [5.41, 5.74) is -0.731. The van der Waals surface area contributed by atoms with Crippen molar-refractivity contribution in [1.29, 1.82) is 0 Å². The van der Waals surface area contributed by atoms with E-state index in [2.05, 4.69) is 19.2 Å². The number of hydrogen-bond acceptors (Lipinski definition) is 2. The first-order valence-corrected chi connectivity index (χ1v) is 6.34. The molecule has 0 heterocycles. The first-order valence-electron chi connectivity index (χ1n) is 6.34. The molecule has 0 amide bonds. The molecular weight excluding hydrogens is 255 g/mol. The standard InChI is InChI=1S/C14H20F3NO/c1-10(2)8-18-9-11(3)19-13-7-5-4-6-12(13)14(15,16)17/h4-7,10-11,18H,8-9H2,1-3H3. The van der Waals surface area contributed by atoms with E-state index < -0.39 is 11.7 Å². The van der Waals surface area contributed by atoms with Gasteiger partial charge in [-0.2, -0.15) is 13.2 Å². The molecule has 0 radical (unpaired) electrons. The van der Waals surface area contributed by atoms with Gasteiger partial charge >= 0.3 is 6.18 Å². The van der Waals surface area contributed by atoms with Crippen LogP contribution >= 0.6 is 0 Å². The molecule has 5 heteroatoms. The van der Waals surface area contributed by atoms with Gasteiger partial charge in [0.2, 0.25) is 0 Å². The molecular formula is C14H20F3NO. The molecule has 2 nitrogen and oxygen atoms in total. The first-order chi connectivity index (χ1) is 8.80. The maximum Gasteiger partial charge on any atom is 0.419 e. The number of benzene rings is 1. The monoisotopic (exact) mass is 275 g/mol. The van der Waals surface area contributed by atoms with Crippen molar-refractivity contribution >= 4 is 0 Å². The molecule has 0 aromatic heterocycles. The molecule has 1 atom stereocenters. The lowest BCUT2D eigenvalue weighted by Gasteiger charge is -2.19. The molecule has 0 aliphatic heterocycles. The molecule has 0 aliphatic carbocycles. The summed E-state index contributed by atoms with van der Waals surface area (Å²) >= 11 is 0. The summed E-state index contributed by atoms with van der Waals surface area (Å²) in [6.07, 6.45) is -4.70. The zero-order valence-corrected chi connectivity index (χ0v) is 11.4. The smallest absolute Gasteiger partial charge is 0.419 e. The van der Waals surface area contributed by atoms with E-state index in [0.29, 0.717) is 12.5 Å². The largest absolute Gasteiger partial charge is 0.489 e. The Labute approximate surface area is 112 Å². The van der Waals surface area contributed by atoms with Gasteiger partial charge in [0.25, 0.3) is 0 Å². The Morgan fingerprint density at radius 3 is 2.32 bits per heavy atom. The van der Waals surface area contributed by atoms with E-state index in [1.54, 1.807) is 13.0 Å². The Kier molecular flexibility index (Phi) is 5.66. The van der Waals surface area contributed by atoms with E-state index in [9.17, 15) is 13.2 Å². The fourth-order valence-corrected chi connectivity index (χ4v) is 1.64. The number of ether oxygens (including phenoxy) is 1. The van der Waals surface area contributed by atoms with Crippen molar-refractivity contribution < 1.29 is 17.9 Å². The Morgan fingerprint density at radius 1 is 1.11 bits per heavy atom. The average molecular weight is 275 g/mol. The normalized spacial score (nSPS) is 13.6. The third-order valence-electron chi connectivity index (χ3n) is 2.50. The van der Waals surface area contributed by atoms with Crippen molar-refractivity contribution in [2.24, 2.45) is 5.92 Å². The molecule has 1 aromatic rings. The Balaban J connectivity index is 2.62. The zero-order valence-electron chi connectivity index (χ0n) is 11.4. The predicted octanol–water partition coefficient (Wildman–Crippen LogP) is 3.72. The van der Waals surface area contributed by atoms with Crippen LogP contribution in [0, 0.1) is 5.92 Å². The van der Waals surface area contributed by atoms with E-state index in [0.717, 1.165) is 12.6 Å². The van der Waals surface area contributed by atoms with Gasteiger partial charge in [-0.3, -0.25) is 0 Å². The van der Waals surface area contributed by atoms with Gasteiger partial charge in [-0.25, -0.2) is 0 Å². The quantitative estimate of drug-likeness (QED) is 0.854. The predicted molar refractivity (Wildman–Crippen MR) is 69.2 cm³/mol. The van der Waals surface area contributed by atoms with Crippen LogP contribution in [-0.4, -0.2) is 19.2 Å². The van der Waals surface area contributed by atoms with Gasteiger partial charge in [-0.15, -0.1) is 0 Å². The second kappa shape index (κ2) is 6.80. The van der Waals surface area contributed by atoms with Crippen LogP contribution in [-0.2, 0) is 6.18 Å². The molecule has 1 rings (SSSR count). The summed E-state index contributed by atoms with van der Waals surface area (Å²) in [6.45, 7) is 7.22. The van der Waals surface area contributed by atoms with Crippen LogP contribution in [0.3, 0.4) is 0 Å². The zero-order chi connectivity index (χ0) is 14.5. The summed E-state index contributed by atoms with van der Waals surface area (Å²) in [6, 6.07) is 5.28. The molecule has 0 saturated heterocycles. The van der Waals surface area contributed by atoms with E-state index in [1.165, 1.54) is 12.1 Å². The summed E-state index contributed by atoms with van der Waals surface area (Å²) < 4.78 is 43.7. The van der Waals surface area contributed by atoms with Crippen molar-refractivity contribution in [2.75, 3.05) is 13.1 Å². The third-order valence-corrected chi connectivity index (χ3v) is 2.50. The minimum atomic E-state index is -4.39.